The molecule has 0 amide bonds. The van der Waals surface area contributed by atoms with Gasteiger partial charge in [-0.05, 0) is 36.8 Å². The van der Waals surface area contributed by atoms with Crippen molar-refractivity contribution in [1.82, 2.24) is 0 Å². The van der Waals surface area contributed by atoms with E-state index >= 15 is 0 Å². The molecule has 1 heterocycles. The highest BCUT2D eigenvalue weighted by Crippen LogP contribution is 2.28. The lowest BCUT2D eigenvalue weighted by atomic mass is 10.2. The van der Waals surface area contributed by atoms with Crippen molar-refractivity contribution in [2.45, 2.75) is 17.7 Å². The van der Waals surface area contributed by atoms with Gasteiger partial charge < -0.3 is 5.73 Å². The van der Waals surface area contributed by atoms with Crippen LogP contribution in [-0.4, -0.2) is 8.42 Å². The van der Waals surface area contributed by atoms with Gasteiger partial charge >= 0.3 is 0 Å². The van der Waals surface area contributed by atoms with Crippen LogP contribution in [-0.2, 0) is 16.6 Å². The lowest BCUT2D eigenvalue weighted by molar-refractivity contribution is 0.603. The van der Waals surface area contributed by atoms with E-state index in [4.69, 9.17) is 5.73 Å². The fourth-order valence-electron chi connectivity index (χ4n) is 1.53. The highest BCUT2D eigenvalue weighted by molar-refractivity contribution is 9.10. The van der Waals surface area contributed by atoms with E-state index in [1.807, 2.05) is 13.0 Å². The molecule has 4 nitrogen and oxygen atoms in total. The Morgan fingerprint density at radius 2 is 2.05 bits per heavy atom. The summed E-state index contributed by atoms with van der Waals surface area (Å²) >= 11 is 4.56. The summed E-state index contributed by atoms with van der Waals surface area (Å²) in [7, 11) is -3.55. The van der Waals surface area contributed by atoms with Gasteiger partial charge in [-0.25, -0.2) is 8.42 Å². The van der Waals surface area contributed by atoms with Gasteiger partial charge in [-0.2, -0.15) is 0 Å². The van der Waals surface area contributed by atoms with Crippen LogP contribution < -0.4 is 10.5 Å². The third-order valence-electron chi connectivity index (χ3n) is 2.62. The predicted octanol–water partition coefficient (Wildman–Crippen LogP) is 3.08. The van der Waals surface area contributed by atoms with Crippen LogP contribution in [0.5, 0.6) is 0 Å². The summed E-state index contributed by atoms with van der Waals surface area (Å²) in [5, 5.41) is 0. The van der Waals surface area contributed by atoms with E-state index in [1.165, 1.54) is 11.3 Å². The number of rotatable bonds is 4. The third kappa shape index (κ3) is 3.17. The number of halogens is 1. The first-order valence-electron chi connectivity index (χ1n) is 5.51. The van der Waals surface area contributed by atoms with Gasteiger partial charge in [-0.1, -0.05) is 22.0 Å². The number of hydrogen-bond acceptors (Lipinski definition) is 4. The normalized spacial score (nSPS) is 11.5. The molecule has 0 aliphatic rings. The Bertz CT molecular complexity index is 696. The van der Waals surface area contributed by atoms with E-state index < -0.39 is 10.0 Å². The lowest BCUT2D eigenvalue weighted by Gasteiger charge is -2.10. The molecule has 0 spiro atoms. The average molecular weight is 361 g/mol. The van der Waals surface area contributed by atoms with Gasteiger partial charge in [-0.15, -0.1) is 11.3 Å². The second-order valence-corrected chi connectivity index (χ2v) is 7.87. The highest BCUT2D eigenvalue weighted by Gasteiger charge is 2.18. The van der Waals surface area contributed by atoms with E-state index in [9.17, 15) is 8.42 Å². The number of nitrogens with one attached hydrogen (secondary N) is 1. The monoisotopic (exact) mass is 360 g/mol. The van der Waals surface area contributed by atoms with Gasteiger partial charge in [0.25, 0.3) is 10.0 Å². The van der Waals surface area contributed by atoms with Crippen LogP contribution in [0, 0.1) is 6.92 Å². The molecule has 0 fully saturated rings. The Morgan fingerprint density at radius 1 is 1.32 bits per heavy atom. The molecule has 3 N–H and O–H groups in total. The number of thiophene rings is 1. The van der Waals surface area contributed by atoms with Gasteiger partial charge in [0.05, 0.1) is 5.69 Å². The van der Waals surface area contributed by atoms with Gasteiger partial charge in [0.2, 0.25) is 0 Å². The minimum atomic E-state index is -3.55. The van der Waals surface area contributed by atoms with Crippen LogP contribution in [0.2, 0.25) is 0 Å². The molecule has 0 atom stereocenters. The van der Waals surface area contributed by atoms with E-state index in [0.717, 1.165) is 14.9 Å². The molecule has 0 aliphatic carbocycles. The maximum Gasteiger partial charge on any atom is 0.271 e. The molecular formula is C12H13BrN2O2S2. The van der Waals surface area contributed by atoms with Crippen molar-refractivity contribution in [2.75, 3.05) is 4.72 Å². The van der Waals surface area contributed by atoms with Crippen LogP contribution in [0.3, 0.4) is 0 Å². The fraction of sp³-hybridized carbons (Fsp3) is 0.167. The smallest absolute Gasteiger partial charge is 0.271 e. The molecule has 1 aromatic heterocycles. The minimum Gasteiger partial charge on any atom is -0.326 e. The first-order chi connectivity index (χ1) is 8.94. The van der Waals surface area contributed by atoms with E-state index in [0.29, 0.717) is 12.2 Å². The van der Waals surface area contributed by atoms with Gasteiger partial charge in [0, 0.05) is 15.9 Å². The summed E-state index contributed by atoms with van der Waals surface area (Å²) < 4.78 is 28.2. The predicted molar refractivity (Wildman–Crippen MR) is 81.9 cm³/mol. The lowest BCUT2D eigenvalue weighted by Crippen LogP contribution is -2.12. The summed E-state index contributed by atoms with van der Waals surface area (Å²) in [5.41, 5.74) is 6.91. The summed E-state index contributed by atoms with van der Waals surface area (Å²) in [6.07, 6.45) is 0. The molecule has 2 rings (SSSR count). The largest absolute Gasteiger partial charge is 0.326 e. The Balaban J connectivity index is 2.33. The molecular weight excluding hydrogens is 348 g/mol. The van der Waals surface area contributed by atoms with Crippen LogP contribution in [0.25, 0.3) is 0 Å². The maximum atomic E-state index is 12.2. The SMILES string of the molecule is Cc1c(Br)cccc1NS(=O)(=O)c1ccc(CN)s1. The van der Waals surface area contributed by atoms with Crippen molar-refractivity contribution < 1.29 is 8.42 Å². The second-order valence-electron chi connectivity index (χ2n) is 3.94. The molecule has 0 unspecified atom stereocenters. The Hall–Kier alpha value is -0.890. The van der Waals surface area contributed by atoms with E-state index in [1.54, 1.807) is 24.3 Å². The minimum absolute atomic E-state index is 0.271. The Morgan fingerprint density at radius 3 is 2.68 bits per heavy atom. The molecule has 1 aromatic carbocycles. The summed E-state index contributed by atoms with van der Waals surface area (Å²) in [5.74, 6) is 0. The molecule has 0 bridgehead atoms. The highest BCUT2D eigenvalue weighted by atomic mass is 79.9. The van der Waals surface area contributed by atoms with Crippen molar-refractivity contribution in [3.8, 4) is 0 Å². The zero-order chi connectivity index (χ0) is 14.0. The van der Waals surface area contributed by atoms with E-state index in [2.05, 4.69) is 20.7 Å². The first-order valence-corrected chi connectivity index (χ1v) is 8.60. The average Bonchev–Trinajstić information content (AvgIpc) is 2.84. The number of anilines is 1. The molecule has 102 valence electrons. The van der Waals surface area contributed by atoms with Gasteiger partial charge in [0.15, 0.2) is 0 Å². The summed E-state index contributed by atoms with van der Waals surface area (Å²) in [6, 6.07) is 8.68. The topological polar surface area (TPSA) is 72.2 Å². The molecule has 2 aromatic rings. The van der Waals surface area contributed by atoms with Crippen molar-refractivity contribution >= 4 is 43.0 Å². The van der Waals surface area contributed by atoms with Crippen molar-refractivity contribution in [3.05, 3.63) is 45.2 Å². The Kier molecular flexibility index (Phi) is 4.29. The van der Waals surface area contributed by atoms with Crippen LogP contribution in [0.1, 0.15) is 10.4 Å². The summed E-state index contributed by atoms with van der Waals surface area (Å²) in [4.78, 5) is 0.839. The van der Waals surface area contributed by atoms with Crippen LogP contribution >= 0.6 is 27.3 Å². The molecule has 0 radical (unpaired) electrons. The maximum absolute atomic E-state index is 12.2. The van der Waals surface area contributed by atoms with Crippen molar-refractivity contribution in [2.24, 2.45) is 5.73 Å². The van der Waals surface area contributed by atoms with Crippen molar-refractivity contribution in [3.63, 3.8) is 0 Å². The zero-order valence-electron chi connectivity index (χ0n) is 10.2. The third-order valence-corrected chi connectivity index (χ3v) is 6.44. The fourth-order valence-corrected chi connectivity index (χ4v) is 4.25. The number of sulfonamides is 1. The quantitative estimate of drug-likeness (QED) is 0.879. The van der Waals surface area contributed by atoms with Gasteiger partial charge in [0.1, 0.15) is 4.21 Å². The zero-order valence-corrected chi connectivity index (χ0v) is 13.4. The Labute approximate surface area is 124 Å². The second kappa shape index (κ2) is 5.62. The van der Waals surface area contributed by atoms with Crippen molar-refractivity contribution in [1.29, 1.82) is 0 Å². The van der Waals surface area contributed by atoms with Crippen LogP contribution in [0.4, 0.5) is 5.69 Å². The molecule has 19 heavy (non-hydrogen) atoms. The number of nitrogens with two attached hydrogens (primary N) is 1. The first kappa shape index (κ1) is 14.5. The standard InChI is InChI=1S/C12H13BrN2O2S2/c1-8-10(13)3-2-4-11(8)15-19(16,17)12-6-5-9(7-14)18-12/h2-6,15H,7,14H2,1H3. The number of benzene rings is 1. The molecule has 0 aliphatic heterocycles. The molecule has 7 heteroatoms. The summed E-state index contributed by atoms with van der Waals surface area (Å²) in [6.45, 7) is 2.19. The molecule has 0 saturated heterocycles. The molecule has 0 saturated carbocycles. The number of hydrogen-bond donors (Lipinski definition) is 2. The van der Waals surface area contributed by atoms with Gasteiger partial charge in [-0.3, -0.25) is 4.72 Å². The van der Waals surface area contributed by atoms with E-state index in [-0.39, 0.29) is 4.21 Å². The van der Waals surface area contributed by atoms with Crippen LogP contribution in [0.15, 0.2) is 39.0 Å².